The molecule has 0 aliphatic heterocycles. The molecule has 0 spiro atoms. The average molecular weight is 230 g/mol. The van der Waals surface area contributed by atoms with Crippen LogP contribution in [-0.2, 0) is 0 Å². The molecule has 1 heterocycles. The van der Waals surface area contributed by atoms with Gasteiger partial charge < -0.3 is 5.32 Å². The Morgan fingerprint density at radius 3 is 2.71 bits per heavy atom. The molecule has 2 atom stereocenters. The largest absolute Gasteiger partial charge is 0.301 e. The predicted octanol–water partition coefficient (Wildman–Crippen LogP) is 2.52. The van der Waals surface area contributed by atoms with Gasteiger partial charge in [-0.1, -0.05) is 29.8 Å². The van der Waals surface area contributed by atoms with Gasteiger partial charge in [0.25, 0.3) is 0 Å². The van der Waals surface area contributed by atoms with E-state index in [9.17, 15) is 0 Å². The minimum atomic E-state index is 0.160. The molecular weight excluding hydrogens is 212 g/mol. The number of hydrogen-bond acceptors (Lipinski definition) is 3. The van der Waals surface area contributed by atoms with Crippen molar-refractivity contribution in [1.29, 1.82) is 0 Å². The standard InChI is InChI=1S/C13H18N4/c1-9-5-4-6-12(7-9)10(2)16-11(3)13-14-8-15-17-13/h4-8,10-11,16H,1-3H3,(H,14,15,17). The Bertz CT molecular complexity index is 464. The molecule has 0 aliphatic rings. The van der Waals surface area contributed by atoms with Crippen LogP contribution in [0.3, 0.4) is 0 Å². The van der Waals surface area contributed by atoms with Gasteiger partial charge >= 0.3 is 0 Å². The Kier molecular flexibility index (Phi) is 3.54. The first-order valence-electron chi connectivity index (χ1n) is 5.84. The molecular formula is C13H18N4. The second kappa shape index (κ2) is 5.10. The molecule has 2 N–H and O–H groups in total. The van der Waals surface area contributed by atoms with Gasteiger partial charge in [-0.25, -0.2) is 4.98 Å². The minimum Gasteiger partial charge on any atom is -0.301 e. The maximum atomic E-state index is 4.15. The minimum absolute atomic E-state index is 0.160. The number of rotatable bonds is 4. The Morgan fingerprint density at radius 1 is 1.24 bits per heavy atom. The van der Waals surface area contributed by atoms with E-state index in [1.165, 1.54) is 17.5 Å². The van der Waals surface area contributed by atoms with Crippen molar-refractivity contribution >= 4 is 0 Å². The van der Waals surface area contributed by atoms with Crippen molar-refractivity contribution in [3.8, 4) is 0 Å². The van der Waals surface area contributed by atoms with Crippen molar-refractivity contribution < 1.29 is 0 Å². The van der Waals surface area contributed by atoms with Crippen LogP contribution in [0, 0.1) is 6.92 Å². The highest BCUT2D eigenvalue weighted by molar-refractivity contribution is 5.24. The lowest BCUT2D eigenvalue weighted by atomic mass is 10.1. The van der Waals surface area contributed by atoms with Crippen molar-refractivity contribution in [1.82, 2.24) is 20.5 Å². The topological polar surface area (TPSA) is 53.6 Å². The zero-order valence-electron chi connectivity index (χ0n) is 10.4. The summed E-state index contributed by atoms with van der Waals surface area (Å²) in [5, 5.41) is 10.2. The average Bonchev–Trinajstić information content (AvgIpc) is 2.82. The summed E-state index contributed by atoms with van der Waals surface area (Å²) in [5.41, 5.74) is 2.57. The van der Waals surface area contributed by atoms with Crippen molar-refractivity contribution in [2.24, 2.45) is 0 Å². The Labute approximate surface area is 101 Å². The summed E-state index contributed by atoms with van der Waals surface area (Å²) in [6, 6.07) is 8.98. The monoisotopic (exact) mass is 230 g/mol. The number of hydrogen-bond donors (Lipinski definition) is 2. The van der Waals surface area contributed by atoms with Crippen molar-refractivity contribution in [2.75, 3.05) is 0 Å². The summed E-state index contributed by atoms with van der Waals surface area (Å²) < 4.78 is 0. The molecule has 2 unspecified atom stereocenters. The molecule has 0 saturated carbocycles. The molecule has 90 valence electrons. The summed E-state index contributed by atoms with van der Waals surface area (Å²) >= 11 is 0. The molecule has 0 fully saturated rings. The number of nitrogens with one attached hydrogen (secondary N) is 2. The van der Waals surface area contributed by atoms with E-state index in [-0.39, 0.29) is 12.1 Å². The van der Waals surface area contributed by atoms with Crippen LogP contribution < -0.4 is 5.32 Å². The Morgan fingerprint density at radius 2 is 2.06 bits per heavy atom. The molecule has 4 heteroatoms. The van der Waals surface area contributed by atoms with E-state index in [1.807, 2.05) is 0 Å². The van der Waals surface area contributed by atoms with Crippen molar-refractivity contribution in [3.63, 3.8) is 0 Å². The highest BCUT2D eigenvalue weighted by atomic mass is 15.2. The van der Waals surface area contributed by atoms with Gasteiger partial charge in [-0.15, -0.1) is 0 Å². The molecule has 0 saturated heterocycles. The van der Waals surface area contributed by atoms with Crippen LogP contribution in [-0.4, -0.2) is 15.2 Å². The van der Waals surface area contributed by atoms with Crippen LogP contribution in [0.2, 0.25) is 0 Å². The fraction of sp³-hybridized carbons (Fsp3) is 0.385. The van der Waals surface area contributed by atoms with E-state index in [0.29, 0.717) is 0 Å². The molecule has 2 rings (SSSR count). The lowest BCUT2D eigenvalue weighted by Crippen LogP contribution is -2.23. The molecule has 4 nitrogen and oxygen atoms in total. The van der Waals surface area contributed by atoms with E-state index in [4.69, 9.17) is 0 Å². The number of aromatic nitrogens is 3. The third-order valence-corrected chi connectivity index (χ3v) is 2.89. The maximum absolute atomic E-state index is 4.15. The molecule has 1 aromatic carbocycles. The van der Waals surface area contributed by atoms with Gasteiger partial charge in [0.05, 0.1) is 6.04 Å². The molecule has 17 heavy (non-hydrogen) atoms. The number of benzene rings is 1. The van der Waals surface area contributed by atoms with E-state index in [2.05, 4.69) is 65.5 Å². The highest BCUT2D eigenvalue weighted by Gasteiger charge is 2.12. The number of nitrogens with zero attached hydrogens (tertiary/aromatic N) is 2. The van der Waals surface area contributed by atoms with Gasteiger partial charge in [-0.05, 0) is 26.3 Å². The second-order valence-electron chi connectivity index (χ2n) is 4.39. The lowest BCUT2D eigenvalue weighted by Gasteiger charge is -2.19. The Balaban J connectivity index is 2.04. The van der Waals surface area contributed by atoms with E-state index < -0.39 is 0 Å². The molecule has 0 amide bonds. The van der Waals surface area contributed by atoms with Gasteiger partial charge in [-0.3, -0.25) is 5.10 Å². The van der Waals surface area contributed by atoms with Gasteiger partial charge in [0.2, 0.25) is 0 Å². The van der Waals surface area contributed by atoms with Crippen LogP contribution in [0.15, 0.2) is 30.6 Å². The van der Waals surface area contributed by atoms with Gasteiger partial charge in [0, 0.05) is 6.04 Å². The summed E-state index contributed by atoms with van der Waals surface area (Å²) in [6.45, 7) is 6.34. The van der Waals surface area contributed by atoms with Crippen LogP contribution >= 0.6 is 0 Å². The zero-order chi connectivity index (χ0) is 12.3. The van der Waals surface area contributed by atoms with Crippen LogP contribution in [0.4, 0.5) is 0 Å². The zero-order valence-corrected chi connectivity index (χ0v) is 10.4. The predicted molar refractivity (Wildman–Crippen MR) is 67.5 cm³/mol. The summed E-state index contributed by atoms with van der Waals surface area (Å²) in [6.07, 6.45) is 1.53. The third kappa shape index (κ3) is 2.91. The third-order valence-electron chi connectivity index (χ3n) is 2.89. The van der Waals surface area contributed by atoms with Crippen LogP contribution in [0.5, 0.6) is 0 Å². The summed E-state index contributed by atoms with van der Waals surface area (Å²) in [7, 11) is 0. The first-order chi connectivity index (χ1) is 8.16. The lowest BCUT2D eigenvalue weighted by molar-refractivity contribution is 0.477. The molecule has 0 radical (unpaired) electrons. The second-order valence-corrected chi connectivity index (χ2v) is 4.39. The van der Waals surface area contributed by atoms with Gasteiger partial charge in [0.1, 0.15) is 12.2 Å². The SMILES string of the molecule is Cc1cccc(C(C)NC(C)c2ncn[nH]2)c1. The van der Waals surface area contributed by atoms with Crippen molar-refractivity contribution in [2.45, 2.75) is 32.9 Å². The van der Waals surface area contributed by atoms with Gasteiger partial charge in [-0.2, -0.15) is 5.10 Å². The van der Waals surface area contributed by atoms with Crippen molar-refractivity contribution in [3.05, 3.63) is 47.5 Å². The Hall–Kier alpha value is -1.68. The van der Waals surface area contributed by atoms with Crippen LogP contribution in [0.25, 0.3) is 0 Å². The number of aromatic amines is 1. The normalized spacial score (nSPS) is 14.5. The first kappa shape index (κ1) is 11.8. The van der Waals surface area contributed by atoms with E-state index in [1.54, 1.807) is 0 Å². The highest BCUT2D eigenvalue weighted by Crippen LogP contribution is 2.17. The van der Waals surface area contributed by atoms with E-state index in [0.717, 1.165) is 5.82 Å². The maximum Gasteiger partial charge on any atom is 0.141 e. The number of aryl methyl sites for hydroxylation is 1. The first-order valence-corrected chi connectivity index (χ1v) is 5.84. The van der Waals surface area contributed by atoms with Crippen LogP contribution in [0.1, 0.15) is 42.9 Å². The molecule has 2 aromatic rings. The fourth-order valence-electron chi connectivity index (χ4n) is 1.91. The summed E-state index contributed by atoms with van der Waals surface area (Å²) in [5.74, 6) is 0.865. The smallest absolute Gasteiger partial charge is 0.141 e. The van der Waals surface area contributed by atoms with E-state index >= 15 is 0 Å². The molecule has 1 aromatic heterocycles. The molecule has 0 aliphatic carbocycles. The molecule has 0 bridgehead atoms. The van der Waals surface area contributed by atoms with Gasteiger partial charge in [0.15, 0.2) is 0 Å². The quantitative estimate of drug-likeness (QED) is 0.848. The number of H-pyrrole nitrogens is 1. The fourth-order valence-corrected chi connectivity index (χ4v) is 1.91. The summed E-state index contributed by atoms with van der Waals surface area (Å²) in [4.78, 5) is 4.15.